The molecule has 2 rings (SSSR count). The van der Waals surface area contributed by atoms with Gasteiger partial charge in [0.1, 0.15) is 22.2 Å². The maximum absolute atomic E-state index is 12.5. The molecule has 1 heterocycles. The highest BCUT2D eigenvalue weighted by Crippen LogP contribution is 2.22. The van der Waals surface area contributed by atoms with Crippen molar-refractivity contribution in [3.05, 3.63) is 45.4 Å². The van der Waals surface area contributed by atoms with E-state index in [0.29, 0.717) is 11.5 Å². The van der Waals surface area contributed by atoms with Crippen molar-refractivity contribution < 1.29 is 9.53 Å². The highest BCUT2D eigenvalue weighted by Gasteiger charge is 2.18. The molecule has 0 spiro atoms. The number of carbonyl (C=O) groups excluding carboxylic acids is 1. The van der Waals surface area contributed by atoms with Crippen molar-refractivity contribution in [1.82, 2.24) is 9.88 Å². The molecule has 0 unspecified atom stereocenters. The highest BCUT2D eigenvalue weighted by molar-refractivity contribution is 7.13. The Balaban J connectivity index is 1.99. The smallest absolute Gasteiger partial charge is 0.265 e. The second-order valence-electron chi connectivity index (χ2n) is 5.70. The van der Waals surface area contributed by atoms with Gasteiger partial charge in [0.15, 0.2) is 0 Å². The molecular weight excluding hydrogens is 308 g/mol. The maximum atomic E-state index is 12.5. The van der Waals surface area contributed by atoms with E-state index in [1.165, 1.54) is 16.9 Å². The molecule has 1 amide bonds. The van der Waals surface area contributed by atoms with Gasteiger partial charge in [0.05, 0.1) is 5.69 Å². The Morgan fingerprint density at radius 3 is 2.61 bits per heavy atom. The number of thiazole rings is 1. The molecule has 2 aromatic rings. The Hall–Kier alpha value is -1.88. The van der Waals surface area contributed by atoms with Gasteiger partial charge >= 0.3 is 0 Å². The van der Waals surface area contributed by atoms with Crippen LogP contribution in [0.25, 0.3) is 0 Å². The fourth-order valence-electron chi connectivity index (χ4n) is 2.16. The average molecular weight is 332 g/mol. The zero-order valence-electron chi connectivity index (χ0n) is 14.3. The van der Waals surface area contributed by atoms with Crippen molar-refractivity contribution >= 4 is 17.2 Å². The monoisotopic (exact) mass is 332 g/mol. The molecule has 1 aromatic heterocycles. The van der Waals surface area contributed by atoms with Gasteiger partial charge in [-0.05, 0) is 32.4 Å². The Bertz CT molecular complexity index is 650. The third kappa shape index (κ3) is 4.79. The number of hydrogen-bond acceptors (Lipinski definition) is 4. The van der Waals surface area contributed by atoms with E-state index >= 15 is 0 Å². The van der Waals surface area contributed by atoms with Gasteiger partial charge in [-0.1, -0.05) is 31.0 Å². The van der Waals surface area contributed by atoms with Gasteiger partial charge in [0.2, 0.25) is 0 Å². The van der Waals surface area contributed by atoms with E-state index in [0.717, 1.165) is 35.8 Å². The van der Waals surface area contributed by atoms with Crippen LogP contribution in [0.4, 0.5) is 0 Å². The Labute approximate surface area is 142 Å². The minimum Gasteiger partial charge on any atom is -0.486 e. The third-order valence-corrected chi connectivity index (χ3v) is 4.73. The fourth-order valence-corrected chi connectivity index (χ4v) is 3.13. The summed E-state index contributed by atoms with van der Waals surface area (Å²) >= 11 is 1.42. The molecule has 0 atom stereocenters. The lowest BCUT2D eigenvalue weighted by atomic mass is 10.2. The van der Waals surface area contributed by atoms with Crippen LogP contribution >= 0.6 is 11.3 Å². The largest absolute Gasteiger partial charge is 0.486 e. The van der Waals surface area contributed by atoms with E-state index in [1.807, 2.05) is 45.2 Å². The molecule has 0 saturated carbocycles. The molecule has 1 aromatic carbocycles. The maximum Gasteiger partial charge on any atom is 0.265 e. The SMILES string of the molecule is CCCCN(C)C(=O)c1sc(COc2ccc(C)cc2)nc1C. The van der Waals surface area contributed by atoms with Gasteiger partial charge in [-0.3, -0.25) is 4.79 Å². The van der Waals surface area contributed by atoms with E-state index < -0.39 is 0 Å². The number of rotatable bonds is 7. The Morgan fingerprint density at radius 1 is 1.26 bits per heavy atom. The topological polar surface area (TPSA) is 42.4 Å². The standard InChI is InChI=1S/C18H24N2O2S/c1-5-6-11-20(4)18(21)17-14(3)19-16(23-17)12-22-15-9-7-13(2)8-10-15/h7-10H,5-6,11-12H2,1-4H3. The number of ether oxygens (including phenoxy) is 1. The van der Waals surface area contributed by atoms with Crippen molar-refractivity contribution in [2.75, 3.05) is 13.6 Å². The van der Waals surface area contributed by atoms with Crippen LogP contribution in [0.3, 0.4) is 0 Å². The summed E-state index contributed by atoms with van der Waals surface area (Å²) in [5.74, 6) is 0.867. The first-order valence-corrected chi connectivity index (χ1v) is 8.74. The molecule has 0 aliphatic carbocycles. The van der Waals surface area contributed by atoms with Crippen LogP contribution in [-0.4, -0.2) is 29.4 Å². The fraction of sp³-hybridized carbons (Fsp3) is 0.444. The minimum atomic E-state index is 0.0510. The number of hydrogen-bond donors (Lipinski definition) is 0. The van der Waals surface area contributed by atoms with E-state index in [1.54, 1.807) is 4.90 Å². The van der Waals surface area contributed by atoms with Gasteiger partial charge in [-0.2, -0.15) is 0 Å². The molecule has 23 heavy (non-hydrogen) atoms. The van der Waals surface area contributed by atoms with Crippen molar-refractivity contribution in [2.45, 2.75) is 40.2 Å². The predicted molar refractivity (Wildman–Crippen MR) is 94.2 cm³/mol. The molecule has 0 aliphatic heterocycles. The molecule has 5 heteroatoms. The average Bonchev–Trinajstić information content (AvgIpc) is 2.92. The van der Waals surface area contributed by atoms with E-state index in [9.17, 15) is 4.79 Å². The second-order valence-corrected chi connectivity index (χ2v) is 6.79. The summed E-state index contributed by atoms with van der Waals surface area (Å²) in [4.78, 5) is 19.4. The van der Waals surface area contributed by atoms with Crippen molar-refractivity contribution in [2.24, 2.45) is 0 Å². The second kappa shape index (κ2) is 8.11. The van der Waals surface area contributed by atoms with Crippen LogP contribution < -0.4 is 4.74 Å². The third-order valence-electron chi connectivity index (χ3n) is 3.61. The molecular formula is C18H24N2O2S. The van der Waals surface area contributed by atoms with Gasteiger partial charge in [0, 0.05) is 13.6 Å². The number of amides is 1. The first-order valence-electron chi connectivity index (χ1n) is 7.92. The van der Waals surface area contributed by atoms with Crippen LogP contribution in [0, 0.1) is 13.8 Å². The normalized spacial score (nSPS) is 10.6. The first-order chi connectivity index (χ1) is 11.0. The lowest BCUT2D eigenvalue weighted by Gasteiger charge is -2.15. The summed E-state index contributed by atoms with van der Waals surface area (Å²) in [6, 6.07) is 7.92. The van der Waals surface area contributed by atoms with Crippen LogP contribution in [0.2, 0.25) is 0 Å². The van der Waals surface area contributed by atoms with E-state index in [4.69, 9.17) is 4.74 Å². The van der Waals surface area contributed by atoms with Gasteiger partial charge in [0.25, 0.3) is 5.91 Å². The molecule has 0 saturated heterocycles. The number of aromatic nitrogens is 1. The number of aryl methyl sites for hydroxylation is 2. The molecule has 0 aliphatic rings. The highest BCUT2D eigenvalue weighted by atomic mass is 32.1. The Kier molecular flexibility index (Phi) is 6.16. The lowest BCUT2D eigenvalue weighted by Crippen LogP contribution is -2.27. The number of benzene rings is 1. The number of unbranched alkanes of at least 4 members (excludes halogenated alkanes) is 1. The summed E-state index contributed by atoms with van der Waals surface area (Å²) in [5, 5.41) is 0.829. The van der Waals surface area contributed by atoms with Crippen molar-refractivity contribution in [3.63, 3.8) is 0 Å². The molecule has 4 nitrogen and oxygen atoms in total. The van der Waals surface area contributed by atoms with Crippen LogP contribution in [0.5, 0.6) is 5.75 Å². The molecule has 0 bridgehead atoms. The summed E-state index contributed by atoms with van der Waals surface area (Å²) in [6.07, 6.45) is 2.10. The van der Waals surface area contributed by atoms with Crippen molar-refractivity contribution in [1.29, 1.82) is 0 Å². The molecule has 0 radical (unpaired) electrons. The van der Waals surface area contributed by atoms with Gasteiger partial charge < -0.3 is 9.64 Å². The number of carbonyl (C=O) groups is 1. The summed E-state index contributed by atoms with van der Waals surface area (Å²) in [7, 11) is 1.85. The number of nitrogens with zero attached hydrogens (tertiary/aromatic N) is 2. The lowest BCUT2D eigenvalue weighted by molar-refractivity contribution is 0.0797. The minimum absolute atomic E-state index is 0.0510. The summed E-state index contributed by atoms with van der Waals surface area (Å²) < 4.78 is 5.74. The first kappa shape index (κ1) is 17.5. The van der Waals surface area contributed by atoms with Crippen LogP contribution in [0.15, 0.2) is 24.3 Å². The quantitative estimate of drug-likeness (QED) is 0.763. The molecule has 0 fully saturated rings. The zero-order valence-corrected chi connectivity index (χ0v) is 15.1. The van der Waals surface area contributed by atoms with Crippen LogP contribution in [0.1, 0.15) is 45.7 Å². The van der Waals surface area contributed by atoms with Crippen LogP contribution in [-0.2, 0) is 6.61 Å². The van der Waals surface area contributed by atoms with Gasteiger partial charge in [-0.25, -0.2) is 4.98 Å². The predicted octanol–water partition coefficient (Wildman–Crippen LogP) is 4.21. The molecule has 124 valence electrons. The molecule has 0 N–H and O–H groups in total. The Morgan fingerprint density at radius 2 is 1.96 bits per heavy atom. The summed E-state index contributed by atoms with van der Waals surface area (Å²) in [5.41, 5.74) is 1.98. The zero-order chi connectivity index (χ0) is 16.8. The van der Waals surface area contributed by atoms with Gasteiger partial charge in [-0.15, -0.1) is 11.3 Å². The van der Waals surface area contributed by atoms with E-state index in [-0.39, 0.29) is 5.91 Å². The van der Waals surface area contributed by atoms with E-state index in [2.05, 4.69) is 11.9 Å². The summed E-state index contributed by atoms with van der Waals surface area (Å²) in [6.45, 7) is 7.22. The van der Waals surface area contributed by atoms with Crippen molar-refractivity contribution in [3.8, 4) is 5.75 Å².